The van der Waals surface area contributed by atoms with Gasteiger partial charge in [-0.2, -0.15) is 13.2 Å². The van der Waals surface area contributed by atoms with Gasteiger partial charge in [0.05, 0.1) is 34.4 Å². The average Bonchev–Trinajstić information content (AvgIpc) is 1.55. The number of likely N-dealkylation sites (N-methyl/N-ethyl adjacent to an activating group) is 2. The van der Waals surface area contributed by atoms with Gasteiger partial charge in [-0.25, -0.2) is 60.6 Å². The Labute approximate surface area is 681 Å². The zero-order valence-electron chi connectivity index (χ0n) is 67.0. The second-order valence-corrected chi connectivity index (χ2v) is 29.4. The number of anilines is 9. The minimum Gasteiger partial charge on any atom is -0.435 e. The number of aromatic nitrogens is 9. The van der Waals surface area contributed by atoms with Crippen LogP contribution in [0.5, 0.6) is 34.9 Å². The van der Waals surface area contributed by atoms with Crippen LogP contribution in [0.3, 0.4) is 0 Å². The van der Waals surface area contributed by atoms with E-state index in [-0.39, 0.29) is 96.6 Å². The van der Waals surface area contributed by atoms with Gasteiger partial charge in [0.25, 0.3) is 17.7 Å². The van der Waals surface area contributed by atoms with E-state index in [1.165, 1.54) is 79.3 Å². The highest BCUT2D eigenvalue weighted by atomic mass is 19.4. The summed E-state index contributed by atoms with van der Waals surface area (Å²) in [5.41, 5.74) is 3.27. The standard InChI is InChI=1S/C28H28F5N7O2.C28H31F2N7O3.C26H26F3N7O2/c1-15-11-17-23(30)21(13-19(29)24(17)36-15)42-26-22(27(41)38(2)3)25(34-14-35-26)37-16-5-6-20(18(12-16)28(31,32)33)40-9-7-39(4)8-10-40;1-16-11-19-24(30)22(13-20(29)25(19)33-16)40-27-23(28(39)35(2)3)26(31-15-32-27)34-21-6-5-18(12-17(21)14-38)37-9-7-36(4)8-10-37;1-14-10-16-22(29)20(12-18(28)23(16)33-14)38-25-21(26(37)35(2)3)24(31-13-32-25)34-15-4-5-19(17(27)11-15)36-8-6-30-7-9-36/h5-6,11-14,36H,7-10H2,1-4H3,(H,34,35,37);5-6,11-13,15,33,38H,7-10,14H2,1-4H3,(H,31,32,34);4-5,10-13,30,33H,6-9H2,1-3H3,(H,31,32,34). The van der Waals surface area contributed by atoms with Crippen LogP contribution in [-0.4, -0.2) is 227 Å². The highest BCUT2D eigenvalue weighted by Crippen LogP contribution is 2.43. The number of aromatic amines is 3. The number of carbonyl (C=O) groups is 3. The van der Waals surface area contributed by atoms with Crippen molar-refractivity contribution in [1.82, 2.24) is 74.7 Å². The number of aliphatic hydroxyl groups excluding tert-OH is 1. The molecule has 0 radical (unpaired) electrons. The third-order valence-electron chi connectivity index (χ3n) is 20.1. The molecule has 3 aliphatic heterocycles. The molecule has 120 heavy (non-hydrogen) atoms. The topological polar surface area (TPSA) is 298 Å². The van der Waals surface area contributed by atoms with Crippen molar-refractivity contribution in [2.24, 2.45) is 0 Å². The van der Waals surface area contributed by atoms with E-state index >= 15 is 13.2 Å². The highest BCUT2D eigenvalue weighted by molar-refractivity contribution is 6.03. The summed E-state index contributed by atoms with van der Waals surface area (Å²) in [7, 11) is 13.0. The molecule has 3 aliphatic rings. The normalized spacial score (nSPS) is 14.0. The number of aryl methyl sites for hydroxylation is 3. The van der Waals surface area contributed by atoms with Gasteiger partial charge in [-0.05, 0) is 108 Å². The van der Waals surface area contributed by atoms with Gasteiger partial charge >= 0.3 is 6.18 Å². The number of halogens is 10. The molecular formula is C82H85F10N21O7. The lowest BCUT2D eigenvalue weighted by molar-refractivity contribution is -0.137. The molecule has 6 aromatic carbocycles. The summed E-state index contributed by atoms with van der Waals surface area (Å²) in [6.45, 7) is 13.4. The Balaban J connectivity index is 0.000000156. The number of fused-ring (bicyclic) bond motifs is 3. The van der Waals surface area contributed by atoms with Crippen LogP contribution in [0.25, 0.3) is 32.7 Å². The van der Waals surface area contributed by atoms with Crippen molar-refractivity contribution in [2.75, 3.05) is 166 Å². The fourth-order valence-electron chi connectivity index (χ4n) is 13.8. The molecule has 0 bridgehead atoms. The van der Waals surface area contributed by atoms with E-state index < -0.39 is 93.3 Å². The smallest absolute Gasteiger partial charge is 0.418 e. The van der Waals surface area contributed by atoms with Gasteiger partial charge in [-0.3, -0.25) is 14.4 Å². The first-order chi connectivity index (χ1) is 57.2. The molecule has 9 heterocycles. The molecule has 3 amide bonds. The number of nitrogens with zero attached hydrogens (tertiary/aromatic N) is 14. The number of amides is 3. The van der Waals surface area contributed by atoms with E-state index in [1.807, 2.05) is 35.0 Å². The summed E-state index contributed by atoms with van der Waals surface area (Å²) in [5, 5.41) is 22.2. The number of carbonyl (C=O) groups excluding carboxylic acids is 3. The predicted molar refractivity (Wildman–Crippen MR) is 434 cm³/mol. The zero-order valence-corrected chi connectivity index (χ0v) is 67.0. The van der Waals surface area contributed by atoms with Gasteiger partial charge in [0.1, 0.15) is 41.5 Å². The van der Waals surface area contributed by atoms with Crippen LogP contribution in [0.2, 0.25) is 0 Å². The van der Waals surface area contributed by atoms with Crippen LogP contribution in [0.1, 0.15) is 59.3 Å². The van der Waals surface area contributed by atoms with Gasteiger partial charge in [0.2, 0.25) is 17.6 Å². The first kappa shape index (κ1) is 84.8. The predicted octanol–water partition coefficient (Wildman–Crippen LogP) is 13.9. The molecule has 630 valence electrons. The monoisotopic (exact) mass is 1670 g/mol. The minimum atomic E-state index is -4.66. The molecule has 8 N–H and O–H groups in total. The Kier molecular flexibility index (Phi) is 25.2. The van der Waals surface area contributed by atoms with Crippen molar-refractivity contribution in [1.29, 1.82) is 0 Å². The molecule has 38 heteroatoms. The van der Waals surface area contributed by atoms with E-state index in [9.17, 15) is 50.2 Å². The van der Waals surface area contributed by atoms with Crippen LogP contribution in [0.4, 0.5) is 95.5 Å². The van der Waals surface area contributed by atoms with Gasteiger partial charge in [-0.15, -0.1) is 0 Å². The number of hydrogen-bond donors (Lipinski definition) is 8. The quantitative estimate of drug-likeness (QED) is 0.0349. The Hall–Kier alpha value is -13.1. The fraction of sp³-hybridized carbons (Fsp3) is 0.305. The van der Waals surface area contributed by atoms with Crippen LogP contribution in [-0.2, 0) is 12.8 Å². The molecule has 28 nitrogen and oxygen atoms in total. The zero-order chi connectivity index (χ0) is 85.9. The fourth-order valence-corrected chi connectivity index (χ4v) is 13.8. The lowest BCUT2D eigenvalue weighted by atomic mass is 10.1. The van der Waals surface area contributed by atoms with E-state index in [0.717, 1.165) is 88.2 Å². The number of hydrogen-bond acceptors (Lipinski definition) is 22. The number of nitrogens with one attached hydrogen (secondary N) is 7. The number of benzene rings is 6. The summed E-state index contributed by atoms with van der Waals surface area (Å²) in [6, 6.07) is 21.0. The van der Waals surface area contributed by atoms with Crippen LogP contribution >= 0.6 is 0 Å². The third kappa shape index (κ3) is 18.4. The van der Waals surface area contributed by atoms with Gasteiger partial charge < -0.3 is 94.7 Å². The van der Waals surface area contributed by atoms with Crippen molar-refractivity contribution in [3.05, 3.63) is 196 Å². The van der Waals surface area contributed by atoms with Crippen molar-refractivity contribution in [3.8, 4) is 34.9 Å². The minimum absolute atomic E-state index is 0.000832. The maximum Gasteiger partial charge on any atom is 0.418 e. The number of H-pyrrole nitrogens is 3. The second-order valence-electron chi connectivity index (χ2n) is 29.4. The lowest BCUT2D eigenvalue weighted by Gasteiger charge is -2.35. The molecule has 3 saturated heterocycles. The molecular weight excluding hydrogens is 1580 g/mol. The summed E-state index contributed by atoms with van der Waals surface area (Å²) < 4.78 is 164. The largest absolute Gasteiger partial charge is 0.435 e. The number of piperazine rings is 3. The first-order valence-corrected chi connectivity index (χ1v) is 37.8. The van der Waals surface area contributed by atoms with Crippen molar-refractivity contribution in [3.63, 3.8) is 0 Å². The average molecular weight is 1670 g/mol. The van der Waals surface area contributed by atoms with Crippen LogP contribution in [0.15, 0.2) is 110 Å². The molecule has 0 aliphatic carbocycles. The van der Waals surface area contributed by atoms with E-state index in [2.05, 4.69) is 83.0 Å². The Morgan fingerprint density at radius 2 is 0.825 bits per heavy atom. The molecule has 15 rings (SSSR count). The molecule has 3 fully saturated rings. The Morgan fingerprint density at radius 3 is 1.21 bits per heavy atom. The molecule has 0 unspecified atom stereocenters. The molecule has 0 saturated carbocycles. The van der Waals surface area contributed by atoms with Crippen molar-refractivity contribution < 1.29 is 77.6 Å². The van der Waals surface area contributed by atoms with Crippen molar-refractivity contribution >= 4 is 102 Å². The Bertz CT molecular complexity index is 5840. The van der Waals surface area contributed by atoms with Gasteiger partial charge in [0, 0.05) is 206 Å². The van der Waals surface area contributed by atoms with Crippen LogP contribution < -0.4 is 50.2 Å². The summed E-state index contributed by atoms with van der Waals surface area (Å²) in [6.07, 6.45) is -1.38. The number of alkyl halides is 3. The van der Waals surface area contributed by atoms with Crippen LogP contribution in [0, 0.1) is 61.5 Å². The summed E-state index contributed by atoms with van der Waals surface area (Å²) in [5.74, 6) is -9.34. The maximum absolute atomic E-state index is 15.3. The maximum atomic E-state index is 15.3. The molecule has 6 aromatic heterocycles. The van der Waals surface area contributed by atoms with Gasteiger partial charge in [-0.1, -0.05) is 0 Å². The third-order valence-corrected chi connectivity index (χ3v) is 20.1. The van der Waals surface area contributed by atoms with Crippen molar-refractivity contribution in [2.45, 2.75) is 33.6 Å². The number of ether oxygens (including phenoxy) is 3. The number of rotatable bonds is 19. The molecule has 0 spiro atoms. The Morgan fingerprint density at radius 1 is 0.450 bits per heavy atom. The number of aliphatic hydroxyl groups is 1. The molecule has 0 atom stereocenters. The molecule has 12 aromatic rings. The lowest BCUT2D eigenvalue weighted by Crippen LogP contribution is -2.45. The van der Waals surface area contributed by atoms with E-state index in [4.69, 9.17) is 14.2 Å². The van der Waals surface area contributed by atoms with E-state index in [1.54, 1.807) is 51.9 Å². The second kappa shape index (κ2) is 35.6. The van der Waals surface area contributed by atoms with Gasteiger partial charge in [0.15, 0.2) is 69.6 Å². The summed E-state index contributed by atoms with van der Waals surface area (Å²) in [4.78, 5) is 86.3. The SMILES string of the molecule is Cc1cc2c(F)c(Oc3ncnc(Nc4ccc(N5CCN(C)CC5)c(C(F)(F)F)c4)c3C(=O)N(C)C)cc(F)c2[nH]1.Cc1cc2c(F)c(Oc3ncnc(Nc4ccc(N5CCN(C)CC5)cc4CO)c3C(=O)N(C)C)cc(F)c2[nH]1.Cc1cc2c(F)c(Oc3ncnc(Nc4ccc(N5CCNCC5)c(F)c4)c3C(=O)N(C)C)cc(F)c2[nH]1. The summed E-state index contributed by atoms with van der Waals surface area (Å²) >= 11 is 0. The highest BCUT2D eigenvalue weighted by Gasteiger charge is 2.37. The van der Waals surface area contributed by atoms with E-state index in [0.29, 0.717) is 79.0 Å². The first-order valence-electron chi connectivity index (χ1n) is 37.8.